The van der Waals surface area contributed by atoms with Gasteiger partial charge in [-0.3, -0.25) is 9.59 Å². The molecule has 1 aromatic carbocycles. The second-order valence-electron chi connectivity index (χ2n) is 5.91. The summed E-state index contributed by atoms with van der Waals surface area (Å²) in [5, 5.41) is 0.788. The number of amides is 2. The van der Waals surface area contributed by atoms with E-state index in [1.165, 1.54) is 0 Å². The predicted octanol–water partition coefficient (Wildman–Crippen LogP) is 2.40. The predicted molar refractivity (Wildman–Crippen MR) is 96.6 cm³/mol. The molecule has 0 spiro atoms. The van der Waals surface area contributed by atoms with E-state index in [1.807, 2.05) is 25.1 Å². The van der Waals surface area contributed by atoms with Gasteiger partial charge in [-0.15, -0.1) is 0 Å². The molecule has 1 aromatic rings. The normalized spacial score (nSPS) is 15.4. The number of piperazine rings is 1. The number of carbonyl (C=O) groups excluding carboxylic acids is 2. The molecular weight excluding hydrogens is 349 g/mol. The van der Waals surface area contributed by atoms with Crippen LogP contribution in [0.15, 0.2) is 30.4 Å². The van der Waals surface area contributed by atoms with Crippen molar-refractivity contribution < 1.29 is 9.59 Å². The molecule has 1 saturated heterocycles. The van der Waals surface area contributed by atoms with Crippen LogP contribution in [-0.2, 0) is 4.79 Å². The number of nitrogens with zero attached hydrogens (tertiary/aromatic N) is 3. The molecule has 0 radical (unpaired) electrons. The Morgan fingerprint density at radius 1 is 1.08 bits per heavy atom. The highest BCUT2D eigenvalue weighted by atomic mass is 35.5. The lowest BCUT2D eigenvalue weighted by atomic mass is 10.2. The molecule has 24 heavy (non-hydrogen) atoms. The van der Waals surface area contributed by atoms with E-state index in [9.17, 15) is 9.59 Å². The highest BCUT2D eigenvalue weighted by Crippen LogP contribution is 2.23. The van der Waals surface area contributed by atoms with Gasteiger partial charge in [0.05, 0.1) is 10.0 Å². The Labute approximate surface area is 152 Å². The first-order chi connectivity index (χ1) is 11.4. The van der Waals surface area contributed by atoms with Crippen LogP contribution in [-0.4, -0.2) is 73.3 Å². The summed E-state index contributed by atoms with van der Waals surface area (Å²) in [6.07, 6.45) is 3.44. The van der Waals surface area contributed by atoms with Crippen molar-refractivity contribution in [1.82, 2.24) is 14.7 Å². The zero-order chi connectivity index (χ0) is 17.7. The monoisotopic (exact) mass is 369 g/mol. The smallest absolute Gasteiger partial charge is 0.254 e. The summed E-state index contributed by atoms with van der Waals surface area (Å²) in [6, 6.07) is 4.86. The Hall–Kier alpha value is -1.56. The SMILES string of the molecule is CN(C)C/C=C/C(=O)N1CCN(C(=O)c2ccc(Cl)c(Cl)c2)CC1. The van der Waals surface area contributed by atoms with Crippen molar-refractivity contribution in [2.45, 2.75) is 0 Å². The van der Waals surface area contributed by atoms with Crippen LogP contribution in [0.5, 0.6) is 0 Å². The fourth-order valence-electron chi connectivity index (χ4n) is 2.41. The molecule has 0 N–H and O–H groups in total. The molecule has 0 aliphatic carbocycles. The first-order valence-corrected chi connectivity index (χ1v) is 8.48. The van der Waals surface area contributed by atoms with Gasteiger partial charge < -0.3 is 14.7 Å². The molecular formula is C17H21Cl2N3O2. The summed E-state index contributed by atoms with van der Waals surface area (Å²) in [7, 11) is 3.89. The summed E-state index contributed by atoms with van der Waals surface area (Å²) >= 11 is 11.8. The van der Waals surface area contributed by atoms with Gasteiger partial charge in [0.2, 0.25) is 5.91 Å². The van der Waals surface area contributed by atoms with E-state index < -0.39 is 0 Å². The number of rotatable bonds is 4. The van der Waals surface area contributed by atoms with Gasteiger partial charge in [0.15, 0.2) is 0 Å². The van der Waals surface area contributed by atoms with E-state index in [-0.39, 0.29) is 11.8 Å². The van der Waals surface area contributed by atoms with E-state index in [0.717, 1.165) is 6.54 Å². The first kappa shape index (κ1) is 18.8. The molecule has 5 nitrogen and oxygen atoms in total. The van der Waals surface area contributed by atoms with Gasteiger partial charge in [-0.2, -0.15) is 0 Å². The molecule has 0 saturated carbocycles. The standard InChI is InChI=1S/C17H21Cl2N3O2/c1-20(2)7-3-4-16(23)21-8-10-22(11-9-21)17(24)13-5-6-14(18)15(19)12-13/h3-6,12H,7-11H2,1-2H3/b4-3+. The number of likely N-dealkylation sites (N-methyl/N-ethyl adjacent to an activating group) is 1. The molecule has 7 heteroatoms. The van der Waals surface area contributed by atoms with E-state index >= 15 is 0 Å². The molecule has 130 valence electrons. The molecule has 2 amide bonds. The zero-order valence-corrected chi connectivity index (χ0v) is 15.3. The fourth-order valence-corrected chi connectivity index (χ4v) is 2.71. The van der Waals surface area contributed by atoms with Gasteiger partial charge in [-0.1, -0.05) is 29.3 Å². The van der Waals surface area contributed by atoms with Crippen molar-refractivity contribution in [3.05, 3.63) is 46.0 Å². The third-order valence-corrected chi connectivity index (χ3v) is 4.52. The van der Waals surface area contributed by atoms with Crippen LogP contribution < -0.4 is 0 Å². The number of hydrogen-bond donors (Lipinski definition) is 0. The molecule has 1 aliphatic heterocycles. The second-order valence-corrected chi connectivity index (χ2v) is 6.73. The number of halogens is 2. The Balaban J connectivity index is 1.90. The van der Waals surface area contributed by atoms with Gasteiger partial charge in [0.1, 0.15) is 0 Å². The summed E-state index contributed by atoms with van der Waals surface area (Å²) in [6.45, 7) is 2.79. The van der Waals surface area contributed by atoms with Crippen LogP contribution in [0.1, 0.15) is 10.4 Å². The van der Waals surface area contributed by atoms with Crippen molar-refractivity contribution in [1.29, 1.82) is 0 Å². The van der Waals surface area contributed by atoms with Crippen LogP contribution in [0.3, 0.4) is 0 Å². The molecule has 1 fully saturated rings. The molecule has 0 atom stereocenters. The molecule has 2 rings (SSSR count). The maximum atomic E-state index is 12.5. The van der Waals surface area contributed by atoms with Gasteiger partial charge in [-0.25, -0.2) is 0 Å². The Morgan fingerprint density at radius 3 is 2.29 bits per heavy atom. The lowest BCUT2D eigenvalue weighted by Crippen LogP contribution is -2.50. The molecule has 0 unspecified atom stereocenters. The van der Waals surface area contributed by atoms with E-state index in [0.29, 0.717) is 41.8 Å². The molecule has 1 heterocycles. The molecule has 0 bridgehead atoms. The Bertz CT molecular complexity index is 639. The van der Waals surface area contributed by atoms with E-state index in [1.54, 1.807) is 34.1 Å². The van der Waals surface area contributed by atoms with Crippen LogP contribution in [0.25, 0.3) is 0 Å². The van der Waals surface area contributed by atoms with E-state index in [4.69, 9.17) is 23.2 Å². The van der Waals surface area contributed by atoms with Crippen molar-refractivity contribution in [3.63, 3.8) is 0 Å². The van der Waals surface area contributed by atoms with Crippen LogP contribution in [0.2, 0.25) is 10.0 Å². The third-order valence-electron chi connectivity index (χ3n) is 3.78. The van der Waals surface area contributed by atoms with Crippen molar-refractivity contribution in [3.8, 4) is 0 Å². The van der Waals surface area contributed by atoms with Crippen LogP contribution in [0.4, 0.5) is 0 Å². The number of carbonyl (C=O) groups is 2. The van der Waals surface area contributed by atoms with Crippen LogP contribution in [0, 0.1) is 0 Å². The maximum absolute atomic E-state index is 12.5. The quantitative estimate of drug-likeness (QED) is 0.765. The minimum atomic E-state index is -0.0937. The highest BCUT2D eigenvalue weighted by molar-refractivity contribution is 6.42. The summed E-state index contributed by atoms with van der Waals surface area (Å²) in [5.74, 6) is -0.109. The Kier molecular flexibility index (Phi) is 6.66. The average molecular weight is 370 g/mol. The Morgan fingerprint density at radius 2 is 1.71 bits per heavy atom. The topological polar surface area (TPSA) is 43.9 Å². The summed E-state index contributed by atoms with van der Waals surface area (Å²) < 4.78 is 0. The van der Waals surface area contributed by atoms with Gasteiger partial charge in [-0.05, 0) is 32.3 Å². The highest BCUT2D eigenvalue weighted by Gasteiger charge is 2.24. The maximum Gasteiger partial charge on any atom is 0.254 e. The minimum absolute atomic E-state index is 0.0153. The molecule has 1 aliphatic rings. The van der Waals surface area contributed by atoms with Crippen molar-refractivity contribution in [2.24, 2.45) is 0 Å². The fraction of sp³-hybridized carbons (Fsp3) is 0.412. The second kappa shape index (κ2) is 8.51. The van der Waals surface area contributed by atoms with Crippen molar-refractivity contribution in [2.75, 3.05) is 46.8 Å². The van der Waals surface area contributed by atoms with E-state index in [2.05, 4.69) is 0 Å². The first-order valence-electron chi connectivity index (χ1n) is 7.73. The zero-order valence-electron chi connectivity index (χ0n) is 13.8. The minimum Gasteiger partial charge on any atom is -0.336 e. The third kappa shape index (κ3) is 4.97. The lowest BCUT2D eigenvalue weighted by Gasteiger charge is -2.34. The van der Waals surface area contributed by atoms with Crippen LogP contribution >= 0.6 is 23.2 Å². The average Bonchev–Trinajstić information content (AvgIpc) is 2.56. The van der Waals surface area contributed by atoms with Crippen molar-refractivity contribution >= 4 is 35.0 Å². The number of hydrogen-bond acceptors (Lipinski definition) is 3. The molecule has 0 aromatic heterocycles. The lowest BCUT2D eigenvalue weighted by molar-refractivity contribution is -0.127. The number of benzene rings is 1. The van der Waals surface area contributed by atoms with Gasteiger partial charge in [0.25, 0.3) is 5.91 Å². The summed E-state index contributed by atoms with van der Waals surface area (Å²) in [5.41, 5.74) is 0.509. The largest absolute Gasteiger partial charge is 0.336 e. The van der Waals surface area contributed by atoms with Gasteiger partial charge >= 0.3 is 0 Å². The van der Waals surface area contributed by atoms with Gasteiger partial charge in [0, 0.05) is 44.4 Å². The summed E-state index contributed by atoms with van der Waals surface area (Å²) in [4.78, 5) is 30.0.